The number of aryl methyl sites for hydroxylation is 1. The summed E-state index contributed by atoms with van der Waals surface area (Å²) in [5.74, 6) is 0.814. The number of hydrogen-bond acceptors (Lipinski definition) is 5. The molecule has 1 atom stereocenters. The third kappa shape index (κ3) is 4.46. The summed E-state index contributed by atoms with van der Waals surface area (Å²) in [5.41, 5.74) is 4.19. The molecule has 3 aromatic rings. The molecule has 2 fully saturated rings. The fourth-order valence-corrected chi connectivity index (χ4v) is 6.95. The molecule has 5 rings (SSSR count). The van der Waals surface area contributed by atoms with Crippen LogP contribution in [0.25, 0.3) is 11.0 Å². The smallest absolute Gasteiger partial charge is 0.243 e. The molecule has 0 saturated carbocycles. The molecule has 2 aromatic carbocycles. The van der Waals surface area contributed by atoms with E-state index in [4.69, 9.17) is 9.72 Å². The van der Waals surface area contributed by atoms with Crippen LogP contribution < -0.4 is 0 Å². The molecule has 32 heavy (non-hydrogen) atoms. The van der Waals surface area contributed by atoms with Gasteiger partial charge in [0.1, 0.15) is 0 Å². The first-order valence-corrected chi connectivity index (χ1v) is 13.7. The lowest BCUT2D eigenvalue weighted by Crippen LogP contribution is -2.27. The maximum Gasteiger partial charge on any atom is 0.243 e. The van der Waals surface area contributed by atoms with E-state index in [0.717, 1.165) is 60.8 Å². The van der Waals surface area contributed by atoms with Crippen LogP contribution in [0.5, 0.6) is 0 Å². The average molecular weight is 472 g/mol. The lowest BCUT2D eigenvalue weighted by molar-refractivity contribution is 0.0960. The van der Waals surface area contributed by atoms with Crippen LogP contribution in [0.4, 0.5) is 0 Å². The van der Waals surface area contributed by atoms with Crippen molar-refractivity contribution in [2.45, 2.75) is 61.1 Å². The standard InChI is InChI=1S/C24H29N3O3S2/c1-18-6-8-19(9-7-18)17-31-24-25-22-15-21(32(28,29)26-12-2-3-13-26)10-11-23(22)27(24)16-20-5-4-14-30-20/h6-11,15,20H,2-5,12-14,16-17H2,1H3. The normalized spacial score (nSPS) is 19.8. The van der Waals surface area contributed by atoms with Crippen LogP contribution in [0.15, 0.2) is 52.5 Å². The molecule has 0 aliphatic carbocycles. The van der Waals surface area contributed by atoms with Gasteiger partial charge in [0.05, 0.1) is 28.6 Å². The molecule has 0 radical (unpaired) electrons. The van der Waals surface area contributed by atoms with Gasteiger partial charge in [-0.2, -0.15) is 4.31 Å². The molecule has 1 aromatic heterocycles. The Morgan fingerprint density at radius 1 is 1.09 bits per heavy atom. The van der Waals surface area contributed by atoms with Crippen molar-refractivity contribution in [1.82, 2.24) is 13.9 Å². The van der Waals surface area contributed by atoms with E-state index < -0.39 is 10.0 Å². The lowest BCUT2D eigenvalue weighted by Gasteiger charge is -2.16. The topological polar surface area (TPSA) is 64.4 Å². The largest absolute Gasteiger partial charge is 0.376 e. The Morgan fingerprint density at radius 2 is 1.88 bits per heavy atom. The van der Waals surface area contributed by atoms with Crippen LogP contribution in [-0.4, -0.2) is 48.1 Å². The predicted octanol–water partition coefficient (Wildman–Crippen LogP) is 4.60. The lowest BCUT2D eigenvalue weighted by atomic mass is 10.2. The molecule has 3 heterocycles. The minimum atomic E-state index is -3.46. The minimum Gasteiger partial charge on any atom is -0.376 e. The summed E-state index contributed by atoms with van der Waals surface area (Å²) in [5, 5.41) is 0.909. The number of aromatic nitrogens is 2. The second-order valence-electron chi connectivity index (χ2n) is 8.68. The van der Waals surface area contributed by atoms with Gasteiger partial charge in [-0.25, -0.2) is 13.4 Å². The summed E-state index contributed by atoms with van der Waals surface area (Å²) in [4.78, 5) is 5.21. The highest BCUT2D eigenvalue weighted by molar-refractivity contribution is 7.98. The van der Waals surface area contributed by atoms with Crippen LogP contribution in [0.2, 0.25) is 0 Å². The molecule has 2 aliphatic heterocycles. The van der Waals surface area contributed by atoms with Gasteiger partial charge in [-0.05, 0) is 56.4 Å². The summed E-state index contributed by atoms with van der Waals surface area (Å²) in [6.45, 7) is 4.84. The number of imidazole rings is 1. The molecule has 8 heteroatoms. The van der Waals surface area contributed by atoms with E-state index >= 15 is 0 Å². The number of fused-ring (bicyclic) bond motifs is 1. The first kappa shape index (κ1) is 21.9. The third-order valence-corrected chi connectivity index (χ3v) is 9.23. The first-order valence-electron chi connectivity index (χ1n) is 11.3. The highest BCUT2D eigenvalue weighted by Gasteiger charge is 2.28. The Hall–Kier alpha value is -1.87. The zero-order valence-corrected chi connectivity index (χ0v) is 20.0. The summed E-state index contributed by atoms with van der Waals surface area (Å²) in [6.07, 6.45) is 4.16. The number of ether oxygens (including phenoxy) is 1. The Morgan fingerprint density at radius 3 is 2.59 bits per heavy atom. The number of rotatable bonds is 7. The molecular weight excluding hydrogens is 442 g/mol. The van der Waals surface area contributed by atoms with E-state index in [2.05, 4.69) is 35.8 Å². The highest BCUT2D eigenvalue weighted by atomic mass is 32.2. The highest BCUT2D eigenvalue weighted by Crippen LogP contribution is 2.31. The second kappa shape index (κ2) is 9.17. The fraction of sp³-hybridized carbons (Fsp3) is 0.458. The van der Waals surface area contributed by atoms with E-state index in [0.29, 0.717) is 18.0 Å². The molecule has 1 unspecified atom stereocenters. The zero-order chi connectivity index (χ0) is 22.1. The Balaban J connectivity index is 1.47. The average Bonchev–Trinajstić information content (AvgIpc) is 3.56. The first-order chi connectivity index (χ1) is 15.5. The van der Waals surface area contributed by atoms with Gasteiger partial charge in [0.25, 0.3) is 0 Å². The van der Waals surface area contributed by atoms with Gasteiger partial charge in [-0.1, -0.05) is 41.6 Å². The van der Waals surface area contributed by atoms with Crippen LogP contribution in [0.1, 0.15) is 36.8 Å². The van der Waals surface area contributed by atoms with Crippen molar-refractivity contribution in [3.63, 3.8) is 0 Å². The van der Waals surface area contributed by atoms with Crippen LogP contribution >= 0.6 is 11.8 Å². The number of thioether (sulfide) groups is 1. The van der Waals surface area contributed by atoms with Crippen molar-refractivity contribution in [2.24, 2.45) is 0 Å². The fourth-order valence-electron chi connectivity index (χ4n) is 4.44. The molecule has 0 N–H and O–H groups in total. The Labute approximate surface area is 194 Å². The summed E-state index contributed by atoms with van der Waals surface area (Å²) in [7, 11) is -3.46. The molecule has 2 aliphatic rings. The summed E-state index contributed by atoms with van der Waals surface area (Å²) < 4.78 is 35.8. The van der Waals surface area contributed by atoms with Gasteiger partial charge in [0.15, 0.2) is 5.16 Å². The maximum atomic E-state index is 13.1. The van der Waals surface area contributed by atoms with Crippen LogP contribution in [-0.2, 0) is 27.1 Å². The van der Waals surface area contributed by atoms with Crippen molar-refractivity contribution in [3.05, 3.63) is 53.6 Å². The van der Waals surface area contributed by atoms with Crippen LogP contribution in [0, 0.1) is 6.92 Å². The van der Waals surface area contributed by atoms with E-state index in [1.807, 2.05) is 6.07 Å². The molecule has 0 spiro atoms. The second-order valence-corrected chi connectivity index (χ2v) is 11.6. The van der Waals surface area contributed by atoms with Gasteiger partial charge in [0.2, 0.25) is 10.0 Å². The maximum absolute atomic E-state index is 13.1. The summed E-state index contributed by atoms with van der Waals surface area (Å²) >= 11 is 1.69. The van der Waals surface area contributed by atoms with Crippen molar-refractivity contribution < 1.29 is 13.2 Å². The molecule has 170 valence electrons. The van der Waals surface area contributed by atoms with Crippen LogP contribution in [0.3, 0.4) is 0 Å². The minimum absolute atomic E-state index is 0.180. The van der Waals surface area contributed by atoms with Gasteiger partial charge in [-0.3, -0.25) is 0 Å². The molecule has 0 amide bonds. The number of sulfonamides is 1. The van der Waals surface area contributed by atoms with Gasteiger partial charge < -0.3 is 9.30 Å². The van der Waals surface area contributed by atoms with Crippen molar-refractivity contribution in [2.75, 3.05) is 19.7 Å². The van der Waals surface area contributed by atoms with E-state index in [1.165, 1.54) is 11.1 Å². The van der Waals surface area contributed by atoms with Crippen molar-refractivity contribution in [1.29, 1.82) is 0 Å². The van der Waals surface area contributed by atoms with E-state index in [9.17, 15) is 8.42 Å². The van der Waals surface area contributed by atoms with E-state index in [-0.39, 0.29) is 6.10 Å². The molecule has 0 bridgehead atoms. The number of benzene rings is 2. The quantitative estimate of drug-likeness (QED) is 0.471. The molecule has 2 saturated heterocycles. The SMILES string of the molecule is Cc1ccc(CSc2nc3cc(S(=O)(=O)N4CCCC4)ccc3n2CC2CCCO2)cc1. The van der Waals surface area contributed by atoms with Gasteiger partial charge in [-0.15, -0.1) is 0 Å². The third-order valence-electron chi connectivity index (χ3n) is 6.29. The van der Waals surface area contributed by atoms with Crippen molar-refractivity contribution >= 4 is 32.8 Å². The number of hydrogen-bond donors (Lipinski definition) is 0. The zero-order valence-electron chi connectivity index (χ0n) is 18.4. The number of nitrogens with zero attached hydrogens (tertiary/aromatic N) is 3. The Kier molecular flexibility index (Phi) is 6.29. The van der Waals surface area contributed by atoms with Gasteiger partial charge >= 0.3 is 0 Å². The molecular formula is C24H29N3O3S2. The van der Waals surface area contributed by atoms with Gasteiger partial charge in [0, 0.05) is 25.4 Å². The summed E-state index contributed by atoms with van der Waals surface area (Å²) in [6, 6.07) is 13.9. The Bertz CT molecular complexity index is 1190. The molecule has 6 nitrogen and oxygen atoms in total. The van der Waals surface area contributed by atoms with Crippen molar-refractivity contribution in [3.8, 4) is 0 Å². The monoisotopic (exact) mass is 471 g/mol. The van der Waals surface area contributed by atoms with E-state index in [1.54, 1.807) is 28.2 Å². The predicted molar refractivity (Wildman–Crippen MR) is 127 cm³/mol.